The molecule has 2 rings (SSSR count). The summed E-state index contributed by atoms with van der Waals surface area (Å²) < 4.78 is 0. The summed E-state index contributed by atoms with van der Waals surface area (Å²) in [5.41, 5.74) is 0.750. The molecule has 0 unspecified atom stereocenters. The van der Waals surface area contributed by atoms with Gasteiger partial charge in [-0.2, -0.15) is 0 Å². The van der Waals surface area contributed by atoms with Crippen LogP contribution in [0.4, 0.5) is 0 Å². The van der Waals surface area contributed by atoms with Crippen LogP contribution >= 0.6 is 23.2 Å². The summed E-state index contributed by atoms with van der Waals surface area (Å²) >= 11 is 11.5. The average molecular weight is 489 g/mol. The van der Waals surface area contributed by atoms with Crippen LogP contribution in [0.15, 0.2) is 41.4 Å². The first-order chi connectivity index (χ1) is 13.1. The van der Waals surface area contributed by atoms with Crippen molar-refractivity contribution in [1.82, 2.24) is 4.90 Å². The van der Waals surface area contributed by atoms with E-state index in [1.165, 1.54) is 29.2 Å². The summed E-state index contributed by atoms with van der Waals surface area (Å²) in [6.45, 7) is 0. The minimum absolute atomic E-state index is 0. The number of amides is 1. The molecule has 2 aromatic carbocycles. The van der Waals surface area contributed by atoms with Crippen molar-refractivity contribution in [3.63, 3.8) is 0 Å². The molecule has 0 aliphatic carbocycles. The Labute approximate surface area is 189 Å². The zero-order chi connectivity index (χ0) is 21.3. The molecular weight excluding hydrogens is 471 g/mol. The Morgan fingerprint density at radius 2 is 1.79 bits per heavy atom. The molecule has 1 atom stereocenters. The summed E-state index contributed by atoms with van der Waals surface area (Å²) in [5, 5.41) is 32.4. The topological polar surface area (TPSA) is 116 Å². The maximum absolute atomic E-state index is 11.8. The van der Waals surface area contributed by atoms with Crippen molar-refractivity contribution >= 4 is 41.8 Å². The number of hydrogen-bond donors (Lipinski definition) is 1. The van der Waals surface area contributed by atoms with E-state index in [1.807, 2.05) is 0 Å². The van der Waals surface area contributed by atoms with Gasteiger partial charge in [-0.1, -0.05) is 41.1 Å². The van der Waals surface area contributed by atoms with Gasteiger partial charge in [0.2, 0.25) is 6.41 Å². The normalized spacial score (nSPS) is 11.0. The van der Waals surface area contributed by atoms with E-state index in [0.29, 0.717) is 5.56 Å². The van der Waals surface area contributed by atoms with E-state index < -0.39 is 17.8 Å². The van der Waals surface area contributed by atoms with Gasteiger partial charge in [-0.3, -0.25) is 9.79 Å². The van der Waals surface area contributed by atoms with Gasteiger partial charge in [0, 0.05) is 36.8 Å². The van der Waals surface area contributed by atoms with E-state index in [-0.39, 0.29) is 44.8 Å². The molecule has 0 bridgehead atoms. The SMILES string of the molecule is CN(C)C=O.O=C([O-])[C@H](Cc1ccc(O)cc1)N=Cc1cc(Cl)cc(Cl)c1[O-].[Cu+2]. The van der Waals surface area contributed by atoms with Crippen LogP contribution in [-0.4, -0.2) is 48.7 Å². The van der Waals surface area contributed by atoms with Crippen molar-refractivity contribution in [2.45, 2.75) is 12.5 Å². The second-order valence-electron chi connectivity index (χ2n) is 5.86. The van der Waals surface area contributed by atoms with Crippen LogP contribution in [0.5, 0.6) is 11.5 Å². The van der Waals surface area contributed by atoms with Gasteiger partial charge in [0.15, 0.2) is 0 Å². The second kappa shape index (κ2) is 13.1. The fourth-order valence-electron chi connectivity index (χ4n) is 1.90. The molecular formula is C19H18Cl2CuN2O5. The molecule has 1 amide bonds. The first-order valence-electron chi connectivity index (χ1n) is 7.93. The molecule has 2 aromatic rings. The van der Waals surface area contributed by atoms with Gasteiger partial charge in [0.1, 0.15) is 5.75 Å². The Bertz CT molecular complexity index is 845. The van der Waals surface area contributed by atoms with Crippen LogP contribution in [-0.2, 0) is 33.1 Å². The maximum atomic E-state index is 11.8. The Morgan fingerprint density at radius 1 is 1.24 bits per heavy atom. The number of benzene rings is 2. The molecule has 159 valence electrons. The Hall–Kier alpha value is -2.25. The molecule has 10 heteroatoms. The van der Waals surface area contributed by atoms with Crippen molar-refractivity contribution < 1.29 is 42.0 Å². The fourth-order valence-corrected chi connectivity index (χ4v) is 2.41. The van der Waals surface area contributed by atoms with E-state index in [2.05, 4.69) is 4.99 Å². The summed E-state index contributed by atoms with van der Waals surface area (Å²) in [6, 6.07) is 7.51. The molecule has 7 nitrogen and oxygen atoms in total. The molecule has 0 saturated carbocycles. The summed E-state index contributed by atoms with van der Waals surface area (Å²) in [4.78, 5) is 26.0. The zero-order valence-electron chi connectivity index (χ0n) is 15.4. The van der Waals surface area contributed by atoms with E-state index in [4.69, 9.17) is 23.2 Å². The molecule has 0 spiro atoms. The van der Waals surface area contributed by atoms with Gasteiger partial charge in [-0.15, -0.1) is 0 Å². The monoisotopic (exact) mass is 487 g/mol. The van der Waals surface area contributed by atoms with Crippen LogP contribution in [0.3, 0.4) is 0 Å². The molecule has 29 heavy (non-hydrogen) atoms. The molecule has 0 saturated heterocycles. The van der Waals surface area contributed by atoms with Crippen LogP contribution in [0.25, 0.3) is 0 Å². The minimum Gasteiger partial charge on any atom is -0.871 e. The number of carbonyl (C=O) groups is 2. The molecule has 0 aromatic heterocycles. The number of carbonyl (C=O) groups excluding carboxylic acids is 2. The number of hydrogen-bond acceptors (Lipinski definition) is 6. The van der Waals surface area contributed by atoms with Crippen molar-refractivity contribution in [3.8, 4) is 11.5 Å². The van der Waals surface area contributed by atoms with Crippen molar-refractivity contribution in [1.29, 1.82) is 0 Å². The van der Waals surface area contributed by atoms with E-state index in [1.54, 1.807) is 26.2 Å². The van der Waals surface area contributed by atoms with Crippen LogP contribution < -0.4 is 10.2 Å². The largest absolute Gasteiger partial charge is 2.00 e. The number of nitrogens with zero attached hydrogens (tertiary/aromatic N) is 2. The van der Waals surface area contributed by atoms with Gasteiger partial charge < -0.3 is 25.0 Å². The standard InChI is InChI=1S/C16H13Cl2NO4.C3H7NO.Cu/c17-11-6-10(15(21)13(18)7-11)8-19-14(16(22)23)5-9-1-3-12(20)4-2-9;1-4(2)3-5;/h1-4,6-8,14,20-21H,5H2,(H,22,23);3H,1-2H3;/q;;+2/p-2/t14-;;/m0../s1. The summed E-state index contributed by atoms with van der Waals surface area (Å²) in [7, 11) is 3.38. The summed E-state index contributed by atoms with van der Waals surface area (Å²) in [6.07, 6.45) is 1.93. The number of phenolic OH excluding ortho intramolecular Hbond substituents is 1. The number of aliphatic carboxylic acids is 1. The third-order valence-electron chi connectivity index (χ3n) is 3.28. The number of halogens is 2. The quantitative estimate of drug-likeness (QED) is 0.373. The Balaban J connectivity index is 0.00000117. The number of phenols is 1. The number of rotatable bonds is 6. The predicted molar refractivity (Wildman–Crippen MR) is 104 cm³/mol. The second-order valence-corrected chi connectivity index (χ2v) is 6.70. The molecule has 0 aliphatic rings. The average Bonchev–Trinajstić information content (AvgIpc) is 2.64. The van der Waals surface area contributed by atoms with E-state index in [0.717, 1.165) is 12.6 Å². The number of aliphatic imine (C=N–C) groups is 1. The third-order valence-corrected chi connectivity index (χ3v) is 3.78. The van der Waals surface area contributed by atoms with Crippen LogP contribution in [0.1, 0.15) is 11.1 Å². The number of aromatic hydroxyl groups is 1. The third kappa shape index (κ3) is 9.67. The minimum atomic E-state index is -1.38. The van der Waals surface area contributed by atoms with Crippen LogP contribution in [0, 0.1) is 0 Å². The van der Waals surface area contributed by atoms with Crippen molar-refractivity contribution in [2.75, 3.05) is 14.1 Å². The first kappa shape index (κ1) is 26.7. The Morgan fingerprint density at radius 3 is 2.28 bits per heavy atom. The van der Waals surface area contributed by atoms with Gasteiger partial charge in [0.25, 0.3) is 0 Å². The molecule has 0 heterocycles. The van der Waals surface area contributed by atoms with Crippen LogP contribution in [0.2, 0.25) is 10.0 Å². The van der Waals surface area contributed by atoms with E-state index >= 15 is 0 Å². The molecule has 0 aliphatic heterocycles. The molecule has 0 fully saturated rings. The Kier molecular flexibility index (Phi) is 12.0. The summed E-state index contributed by atoms with van der Waals surface area (Å²) in [5.74, 6) is -1.79. The number of carboxylic acid groups (broad SMARTS) is 1. The fraction of sp³-hybridized carbons (Fsp3) is 0.211. The number of carboxylic acids is 1. The maximum Gasteiger partial charge on any atom is 2.00 e. The van der Waals surface area contributed by atoms with Crippen molar-refractivity contribution in [3.05, 3.63) is 57.6 Å². The molecule has 1 N–H and O–H groups in total. The predicted octanol–water partition coefficient (Wildman–Crippen LogP) is 1.25. The zero-order valence-corrected chi connectivity index (χ0v) is 17.9. The van der Waals surface area contributed by atoms with Gasteiger partial charge in [-0.05, 0) is 35.4 Å². The van der Waals surface area contributed by atoms with Gasteiger partial charge in [-0.25, -0.2) is 0 Å². The van der Waals surface area contributed by atoms with Gasteiger partial charge in [0.05, 0.1) is 12.0 Å². The van der Waals surface area contributed by atoms with Crippen molar-refractivity contribution in [2.24, 2.45) is 4.99 Å². The molecule has 1 radical (unpaired) electrons. The van der Waals surface area contributed by atoms with E-state index in [9.17, 15) is 24.9 Å². The smallest absolute Gasteiger partial charge is 0.871 e. The van der Waals surface area contributed by atoms with Gasteiger partial charge >= 0.3 is 17.1 Å². The first-order valence-corrected chi connectivity index (χ1v) is 8.69.